The van der Waals surface area contributed by atoms with E-state index in [1.54, 1.807) is 0 Å². The lowest BCUT2D eigenvalue weighted by atomic mass is 9.86. The third-order valence-electron chi connectivity index (χ3n) is 5.11. The number of allylic oxidation sites excluding steroid dienone is 2. The number of rotatable bonds is 13. The first-order valence-corrected chi connectivity index (χ1v) is 9.73. The van der Waals surface area contributed by atoms with Crippen molar-refractivity contribution in [3.63, 3.8) is 0 Å². The molecule has 3 heteroatoms. The standard InChI is InChI=1S/C20H37NO2/c1-21-17-19(15-10-16-20(22)23)14-7-4-2-3-6-11-18-12-8-5-9-13-18/h2-3,18-19,21H,4-17H2,1H3,(H,22,23). The van der Waals surface area contributed by atoms with Gasteiger partial charge in [-0.25, -0.2) is 0 Å². The first kappa shape index (κ1) is 20.2. The van der Waals surface area contributed by atoms with Crippen molar-refractivity contribution in [2.24, 2.45) is 11.8 Å². The van der Waals surface area contributed by atoms with Gasteiger partial charge in [0.2, 0.25) is 0 Å². The highest BCUT2D eigenvalue weighted by Gasteiger charge is 2.11. The number of carboxylic acids is 1. The van der Waals surface area contributed by atoms with E-state index < -0.39 is 5.97 Å². The molecule has 1 unspecified atom stereocenters. The molecular weight excluding hydrogens is 286 g/mol. The van der Waals surface area contributed by atoms with E-state index in [2.05, 4.69) is 17.5 Å². The molecule has 0 aromatic carbocycles. The van der Waals surface area contributed by atoms with Crippen molar-refractivity contribution in [3.8, 4) is 0 Å². The molecule has 134 valence electrons. The van der Waals surface area contributed by atoms with Crippen molar-refractivity contribution in [3.05, 3.63) is 12.2 Å². The quantitative estimate of drug-likeness (QED) is 0.363. The molecule has 0 radical (unpaired) electrons. The molecule has 0 bridgehead atoms. The third kappa shape index (κ3) is 11.4. The molecule has 3 nitrogen and oxygen atoms in total. The van der Waals surface area contributed by atoms with Crippen molar-refractivity contribution in [2.75, 3.05) is 13.6 Å². The van der Waals surface area contributed by atoms with Crippen LogP contribution in [0.2, 0.25) is 0 Å². The first-order chi connectivity index (χ1) is 11.2. The monoisotopic (exact) mass is 323 g/mol. The van der Waals surface area contributed by atoms with Crippen LogP contribution in [0, 0.1) is 11.8 Å². The van der Waals surface area contributed by atoms with Gasteiger partial charge in [0.05, 0.1) is 0 Å². The fourth-order valence-electron chi connectivity index (χ4n) is 3.75. The van der Waals surface area contributed by atoms with Gasteiger partial charge in [0.25, 0.3) is 0 Å². The van der Waals surface area contributed by atoms with Crippen molar-refractivity contribution >= 4 is 5.97 Å². The Morgan fingerprint density at radius 2 is 1.83 bits per heavy atom. The molecule has 2 N–H and O–H groups in total. The fourth-order valence-corrected chi connectivity index (χ4v) is 3.75. The SMILES string of the molecule is CNCC(CCCC=CCCC1CCCCC1)CCCC(=O)O. The van der Waals surface area contributed by atoms with Crippen LogP contribution in [0.25, 0.3) is 0 Å². The zero-order valence-corrected chi connectivity index (χ0v) is 15.1. The van der Waals surface area contributed by atoms with E-state index >= 15 is 0 Å². The smallest absolute Gasteiger partial charge is 0.303 e. The Labute approximate surface area is 142 Å². The Hall–Kier alpha value is -0.830. The molecule has 0 aromatic rings. The maximum Gasteiger partial charge on any atom is 0.303 e. The minimum Gasteiger partial charge on any atom is -0.481 e. The number of carboxylic acid groups (broad SMARTS) is 1. The average Bonchev–Trinajstić information content (AvgIpc) is 2.54. The normalized spacial score (nSPS) is 17.6. The fraction of sp³-hybridized carbons (Fsp3) is 0.850. The van der Waals surface area contributed by atoms with Gasteiger partial charge >= 0.3 is 5.97 Å². The molecule has 1 aliphatic rings. The van der Waals surface area contributed by atoms with Gasteiger partial charge in [-0.3, -0.25) is 4.79 Å². The molecule has 1 atom stereocenters. The number of aliphatic carboxylic acids is 1. The summed E-state index contributed by atoms with van der Waals surface area (Å²) in [6.07, 6.45) is 20.4. The lowest BCUT2D eigenvalue weighted by Gasteiger charge is -2.20. The van der Waals surface area contributed by atoms with Crippen molar-refractivity contribution in [2.45, 2.75) is 83.5 Å². The maximum atomic E-state index is 10.6. The highest BCUT2D eigenvalue weighted by Crippen LogP contribution is 2.27. The molecule has 0 aliphatic heterocycles. The summed E-state index contributed by atoms with van der Waals surface area (Å²) < 4.78 is 0. The van der Waals surface area contributed by atoms with Crippen molar-refractivity contribution in [1.29, 1.82) is 0 Å². The molecule has 0 aromatic heterocycles. The zero-order chi connectivity index (χ0) is 16.8. The second-order valence-corrected chi connectivity index (χ2v) is 7.19. The summed E-state index contributed by atoms with van der Waals surface area (Å²) in [5, 5.41) is 12.0. The highest BCUT2D eigenvalue weighted by molar-refractivity contribution is 5.66. The van der Waals surface area contributed by atoms with Gasteiger partial charge < -0.3 is 10.4 Å². The van der Waals surface area contributed by atoms with Gasteiger partial charge in [-0.2, -0.15) is 0 Å². The topological polar surface area (TPSA) is 49.3 Å². The molecule has 23 heavy (non-hydrogen) atoms. The summed E-state index contributed by atoms with van der Waals surface area (Å²) >= 11 is 0. The van der Waals surface area contributed by atoms with Gasteiger partial charge in [0, 0.05) is 6.42 Å². The highest BCUT2D eigenvalue weighted by atomic mass is 16.4. The summed E-state index contributed by atoms with van der Waals surface area (Å²) in [4.78, 5) is 10.6. The van der Waals surface area contributed by atoms with Crippen LogP contribution < -0.4 is 5.32 Å². The predicted octanol–water partition coefficient (Wildman–Crippen LogP) is 5.16. The largest absolute Gasteiger partial charge is 0.481 e. The molecule has 0 heterocycles. The summed E-state index contributed by atoms with van der Waals surface area (Å²) in [5.41, 5.74) is 0. The van der Waals surface area contributed by atoms with Gasteiger partial charge in [-0.05, 0) is 70.4 Å². The lowest BCUT2D eigenvalue weighted by molar-refractivity contribution is -0.137. The Morgan fingerprint density at radius 3 is 2.52 bits per heavy atom. The molecule has 1 fully saturated rings. The van der Waals surface area contributed by atoms with Crippen LogP contribution in [-0.2, 0) is 4.79 Å². The predicted molar refractivity (Wildman–Crippen MR) is 97.7 cm³/mol. The molecule has 1 saturated carbocycles. The number of carbonyl (C=O) groups is 1. The minimum absolute atomic E-state index is 0.307. The average molecular weight is 324 g/mol. The van der Waals surface area contributed by atoms with Crippen LogP contribution in [0.5, 0.6) is 0 Å². The number of nitrogens with one attached hydrogen (secondary N) is 1. The molecule has 1 aliphatic carbocycles. The number of unbranched alkanes of at least 4 members (excludes halogenated alkanes) is 1. The van der Waals surface area contributed by atoms with Crippen LogP contribution in [-0.4, -0.2) is 24.7 Å². The Kier molecular flexibility index (Phi) is 11.9. The summed E-state index contributed by atoms with van der Waals surface area (Å²) in [6.45, 7) is 1.00. The van der Waals surface area contributed by atoms with Gasteiger partial charge in [-0.1, -0.05) is 44.3 Å². The van der Waals surface area contributed by atoms with Gasteiger partial charge in [-0.15, -0.1) is 0 Å². The van der Waals surface area contributed by atoms with Crippen LogP contribution >= 0.6 is 0 Å². The Morgan fingerprint density at radius 1 is 1.13 bits per heavy atom. The zero-order valence-electron chi connectivity index (χ0n) is 15.1. The first-order valence-electron chi connectivity index (χ1n) is 9.73. The summed E-state index contributed by atoms with van der Waals surface area (Å²) in [5.74, 6) is 0.937. The molecule has 0 amide bonds. The van der Waals surface area contributed by atoms with Gasteiger partial charge in [0.1, 0.15) is 0 Å². The third-order valence-corrected chi connectivity index (χ3v) is 5.11. The van der Waals surface area contributed by atoms with E-state index in [-0.39, 0.29) is 0 Å². The Balaban J connectivity index is 2.03. The lowest BCUT2D eigenvalue weighted by Crippen LogP contribution is -2.19. The summed E-state index contributed by atoms with van der Waals surface area (Å²) in [7, 11) is 1.98. The second kappa shape index (κ2) is 13.6. The molecule has 1 rings (SSSR count). The van der Waals surface area contributed by atoms with Crippen LogP contribution in [0.4, 0.5) is 0 Å². The van der Waals surface area contributed by atoms with Crippen LogP contribution in [0.15, 0.2) is 12.2 Å². The maximum absolute atomic E-state index is 10.6. The summed E-state index contributed by atoms with van der Waals surface area (Å²) in [6, 6.07) is 0. The Bertz CT molecular complexity index is 322. The number of hydrogen-bond donors (Lipinski definition) is 2. The van der Waals surface area contributed by atoms with Crippen LogP contribution in [0.1, 0.15) is 83.5 Å². The van der Waals surface area contributed by atoms with E-state index in [1.165, 1.54) is 64.2 Å². The van der Waals surface area contributed by atoms with E-state index in [0.717, 1.165) is 25.3 Å². The molecular formula is C20H37NO2. The molecule has 0 spiro atoms. The van der Waals surface area contributed by atoms with Gasteiger partial charge in [0.15, 0.2) is 0 Å². The van der Waals surface area contributed by atoms with E-state index in [0.29, 0.717) is 12.3 Å². The second-order valence-electron chi connectivity index (χ2n) is 7.19. The number of hydrogen-bond acceptors (Lipinski definition) is 2. The van der Waals surface area contributed by atoms with E-state index in [9.17, 15) is 4.79 Å². The van der Waals surface area contributed by atoms with Crippen molar-refractivity contribution < 1.29 is 9.90 Å². The van der Waals surface area contributed by atoms with Crippen molar-refractivity contribution in [1.82, 2.24) is 5.32 Å². The molecule has 0 saturated heterocycles. The van der Waals surface area contributed by atoms with E-state index in [1.807, 2.05) is 7.05 Å². The minimum atomic E-state index is -0.672. The van der Waals surface area contributed by atoms with Crippen LogP contribution in [0.3, 0.4) is 0 Å². The van der Waals surface area contributed by atoms with E-state index in [4.69, 9.17) is 5.11 Å².